The number of likely N-dealkylation sites (N-methyl/N-ethyl adjacent to an activating group) is 1. The van der Waals surface area contributed by atoms with Gasteiger partial charge < -0.3 is 20.1 Å². The minimum absolute atomic E-state index is 0.136. The fourth-order valence-electron chi connectivity index (χ4n) is 2.80. The van der Waals surface area contributed by atoms with Crippen molar-refractivity contribution in [3.8, 4) is 5.75 Å². The summed E-state index contributed by atoms with van der Waals surface area (Å²) in [7, 11) is 3.55. The maximum atomic E-state index is 12.5. The number of amides is 1. The maximum absolute atomic E-state index is 12.5. The highest BCUT2D eigenvalue weighted by molar-refractivity contribution is 6.33. The molecule has 0 bridgehead atoms. The second-order valence-corrected chi connectivity index (χ2v) is 6.37. The molecule has 0 aliphatic carbocycles. The molecule has 1 aromatic carbocycles. The van der Waals surface area contributed by atoms with Gasteiger partial charge in [-0.1, -0.05) is 11.6 Å². The number of nitrogens with zero attached hydrogens (tertiary/aromatic N) is 3. The minimum atomic E-state index is -1.33. The molecule has 0 atom stereocenters. The lowest BCUT2D eigenvalue weighted by atomic mass is 9.98. The van der Waals surface area contributed by atoms with Gasteiger partial charge >= 0.3 is 5.97 Å². The minimum Gasteiger partial charge on any atom is -0.495 e. The van der Waals surface area contributed by atoms with E-state index in [0.29, 0.717) is 11.4 Å². The van der Waals surface area contributed by atoms with Crippen molar-refractivity contribution in [1.82, 2.24) is 14.9 Å². The number of rotatable bonds is 4. The molecule has 1 amide bonds. The number of anilines is 1. The zero-order valence-electron chi connectivity index (χ0n) is 14.2. The van der Waals surface area contributed by atoms with Gasteiger partial charge in [0.1, 0.15) is 5.75 Å². The van der Waals surface area contributed by atoms with Crippen LogP contribution in [0.5, 0.6) is 5.75 Å². The van der Waals surface area contributed by atoms with Crippen LogP contribution in [-0.2, 0) is 13.0 Å². The maximum Gasteiger partial charge on any atom is 0.356 e. The second-order valence-electron chi connectivity index (χ2n) is 5.96. The second kappa shape index (κ2) is 7.27. The average molecular weight is 377 g/mol. The average Bonchev–Trinajstić information content (AvgIpc) is 2.61. The van der Waals surface area contributed by atoms with E-state index in [1.165, 1.54) is 12.7 Å². The van der Waals surface area contributed by atoms with E-state index >= 15 is 0 Å². The van der Waals surface area contributed by atoms with E-state index in [0.717, 1.165) is 31.3 Å². The molecule has 136 valence electrons. The lowest BCUT2D eigenvalue weighted by Gasteiger charge is -2.26. The Morgan fingerprint density at radius 1 is 1.35 bits per heavy atom. The third-order valence-corrected chi connectivity index (χ3v) is 4.40. The fourth-order valence-corrected chi connectivity index (χ4v) is 2.97. The largest absolute Gasteiger partial charge is 0.495 e. The molecule has 2 N–H and O–H groups in total. The summed E-state index contributed by atoms with van der Waals surface area (Å²) in [6.45, 7) is 1.72. The SMILES string of the molecule is COc1cc2c(cc1NC(=O)c1ncc(Cl)c(C(=O)O)n1)CN(C)CC2. The Morgan fingerprint density at radius 2 is 2.12 bits per heavy atom. The lowest BCUT2D eigenvalue weighted by Crippen LogP contribution is -2.27. The molecule has 2 aromatic rings. The molecule has 3 rings (SSSR count). The molecule has 0 spiro atoms. The molecule has 9 heteroatoms. The molecular formula is C17H17ClN4O4. The van der Waals surface area contributed by atoms with Gasteiger partial charge in [-0.15, -0.1) is 0 Å². The van der Waals surface area contributed by atoms with Gasteiger partial charge in [-0.2, -0.15) is 0 Å². The van der Waals surface area contributed by atoms with E-state index in [1.807, 2.05) is 19.2 Å². The van der Waals surface area contributed by atoms with Crippen molar-refractivity contribution in [2.45, 2.75) is 13.0 Å². The van der Waals surface area contributed by atoms with Gasteiger partial charge in [-0.05, 0) is 36.7 Å². The fraction of sp³-hybridized carbons (Fsp3) is 0.294. The zero-order valence-corrected chi connectivity index (χ0v) is 15.0. The van der Waals surface area contributed by atoms with Crippen molar-refractivity contribution >= 4 is 29.2 Å². The van der Waals surface area contributed by atoms with Gasteiger partial charge in [0, 0.05) is 13.1 Å². The summed E-state index contributed by atoms with van der Waals surface area (Å²) >= 11 is 5.73. The van der Waals surface area contributed by atoms with Gasteiger partial charge in [-0.3, -0.25) is 4.79 Å². The molecule has 2 heterocycles. The molecule has 1 aliphatic rings. The predicted molar refractivity (Wildman–Crippen MR) is 95.0 cm³/mol. The molecule has 26 heavy (non-hydrogen) atoms. The van der Waals surface area contributed by atoms with Gasteiger partial charge in [0.15, 0.2) is 5.69 Å². The quantitative estimate of drug-likeness (QED) is 0.841. The number of nitrogens with one attached hydrogen (secondary N) is 1. The number of ether oxygens (including phenoxy) is 1. The summed E-state index contributed by atoms with van der Waals surface area (Å²) in [5.41, 5.74) is 2.32. The van der Waals surface area contributed by atoms with Crippen LogP contribution in [0.2, 0.25) is 5.02 Å². The summed E-state index contributed by atoms with van der Waals surface area (Å²) in [4.78, 5) is 33.3. The first kappa shape index (κ1) is 18.1. The van der Waals surface area contributed by atoms with Crippen LogP contribution in [0.1, 0.15) is 32.2 Å². The molecule has 0 saturated carbocycles. The number of carboxylic acids is 1. The lowest BCUT2D eigenvalue weighted by molar-refractivity contribution is 0.0690. The number of methoxy groups -OCH3 is 1. The Morgan fingerprint density at radius 3 is 2.81 bits per heavy atom. The molecule has 0 saturated heterocycles. The van der Waals surface area contributed by atoms with Gasteiger partial charge in [0.05, 0.1) is 24.0 Å². The van der Waals surface area contributed by atoms with Crippen molar-refractivity contribution in [2.75, 3.05) is 26.0 Å². The molecule has 1 aromatic heterocycles. The smallest absolute Gasteiger partial charge is 0.356 e. The highest BCUT2D eigenvalue weighted by atomic mass is 35.5. The Hall–Kier alpha value is -2.71. The Bertz CT molecular complexity index is 887. The monoisotopic (exact) mass is 376 g/mol. The van der Waals surface area contributed by atoms with Gasteiger partial charge in [-0.25, -0.2) is 14.8 Å². The molecule has 8 nitrogen and oxygen atoms in total. The first-order valence-corrected chi connectivity index (χ1v) is 8.22. The van der Waals surface area contributed by atoms with E-state index < -0.39 is 17.6 Å². The van der Waals surface area contributed by atoms with Crippen LogP contribution in [0.4, 0.5) is 5.69 Å². The topological polar surface area (TPSA) is 105 Å². The van der Waals surface area contributed by atoms with Crippen molar-refractivity contribution in [3.05, 3.63) is 46.0 Å². The van der Waals surface area contributed by atoms with E-state index in [1.54, 1.807) is 0 Å². The van der Waals surface area contributed by atoms with Crippen LogP contribution >= 0.6 is 11.6 Å². The molecule has 0 unspecified atom stereocenters. The summed E-state index contributed by atoms with van der Waals surface area (Å²) in [5, 5.41) is 11.6. The molecular weight excluding hydrogens is 360 g/mol. The molecule has 1 aliphatic heterocycles. The van der Waals surface area contributed by atoms with E-state index in [-0.39, 0.29) is 10.8 Å². The number of carbonyl (C=O) groups excluding carboxylic acids is 1. The van der Waals surface area contributed by atoms with E-state index in [4.69, 9.17) is 21.4 Å². The van der Waals surface area contributed by atoms with Crippen LogP contribution in [-0.4, -0.2) is 52.6 Å². The number of hydrogen-bond donors (Lipinski definition) is 2. The summed E-state index contributed by atoms with van der Waals surface area (Å²) in [6, 6.07) is 3.76. The first-order chi connectivity index (χ1) is 12.4. The number of halogens is 1. The van der Waals surface area contributed by atoms with Crippen molar-refractivity contribution < 1.29 is 19.4 Å². The van der Waals surface area contributed by atoms with Crippen LogP contribution in [0.15, 0.2) is 18.3 Å². The summed E-state index contributed by atoms with van der Waals surface area (Å²) in [5.74, 6) is -1.75. The Labute approximate surface area is 154 Å². The Kier molecular flexibility index (Phi) is 5.06. The van der Waals surface area contributed by atoms with Crippen LogP contribution in [0.3, 0.4) is 0 Å². The third-order valence-electron chi connectivity index (χ3n) is 4.12. The zero-order chi connectivity index (χ0) is 18.8. The number of benzene rings is 1. The predicted octanol–water partition coefficient (Wildman–Crippen LogP) is 2.08. The number of fused-ring (bicyclic) bond motifs is 1. The normalized spacial score (nSPS) is 13.8. The summed E-state index contributed by atoms with van der Waals surface area (Å²) in [6.07, 6.45) is 1.99. The summed E-state index contributed by atoms with van der Waals surface area (Å²) < 4.78 is 5.37. The highest BCUT2D eigenvalue weighted by Crippen LogP contribution is 2.31. The number of hydrogen-bond acceptors (Lipinski definition) is 6. The standard InChI is InChI=1S/C17H17ClN4O4/c1-22-4-3-9-6-13(26-2)12(5-10(9)8-22)20-16(23)15-19-7-11(18)14(21-15)17(24)25/h5-7H,3-4,8H2,1-2H3,(H,20,23)(H,24,25). The van der Waals surface area contributed by atoms with Gasteiger partial charge in [0.25, 0.3) is 5.91 Å². The number of aromatic carboxylic acids is 1. The number of aromatic nitrogens is 2. The van der Waals surface area contributed by atoms with Gasteiger partial charge in [0.2, 0.25) is 5.82 Å². The number of carbonyl (C=O) groups is 2. The number of carboxylic acid groups (broad SMARTS) is 1. The Balaban J connectivity index is 1.91. The first-order valence-electron chi connectivity index (χ1n) is 7.84. The third kappa shape index (κ3) is 3.61. The van der Waals surface area contributed by atoms with Crippen LogP contribution in [0.25, 0.3) is 0 Å². The van der Waals surface area contributed by atoms with Crippen molar-refractivity contribution in [2.24, 2.45) is 0 Å². The van der Waals surface area contributed by atoms with E-state index in [9.17, 15) is 9.59 Å². The molecule has 0 radical (unpaired) electrons. The van der Waals surface area contributed by atoms with Crippen molar-refractivity contribution in [3.63, 3.8) is 0 Å². The van der Waals surface area contributed by atoms with Crippen LogP contribution < -0.4 is 10.1 Å². The van der Waals surface area contributed by atoms with Crippen LogP contribution in [0, 0.1) is 0 Å². The molecule has 0 fully saturated rings. The highest BCUT2D eigenvalue weighted by Gasteiger charge is 2.21. The van der Waals surface area contributed by atoms with E-state index in [2.05, 4.69) is 20.2 Å². The van der Waals surface area contributed by atoms with Crippen molar-refractivity contribution in [1.29, 1.82) is 0 Å².